The molecular formula is C9H6BrCl2F3O3S. The summed E-state index contributed by atoms with van der Waals surface area (Å²) in [6.45, 7) is -0.760. The van der Waals surface area contributed by atoms with E-state index in [9.17, 15) is 21.6 Å². The average Bonchev–Trinajstić information content (AvgIpc) is 2.17. The minimum absolute atomic E-state index is 0.157. The highest BCUT2D eigenvalue weighted by Crippen LogP contribution is 2.37. The summed E-state index contributed by atoms with van der Waals surface area (Å²) in [6.07, 6.45) is -5.65. The molecule has 0 aliphatic carbocycles. The zero-order chi connectivity index (χ0) is 14.8. The van der Waals surface area contributed by atoms with Crippen molar-refractivity contribution in [3.8, 4) is 5.75 Å². The van der Waals surface area contributed by atoms with Gasteiger partial charge in [-0.25, -0.2) is 8.42 Å². The van der Waals surface area contributed by atoms with Gasteiger partial charge < -0.3 is 4.74 Å². The van der Waals surface area contributed by atoms with E-state index in [2.05, 4.69) is 15.9 Å². The van der Waals surface area contributed by atoms with Gasteiger partial charge in [0.25, 0.3) is 9.05 Å². The van der Waals surface area contributed by atoms with Crippen molar-refractivity contribution in [3.63, 3.8) is 0 Å². The molecule has 19 heavy (non-hydrogen) atoms. The van der Waals surface area contributed by atoms with E-state index in [0.29, 0.717) is 4.47 Å². The maximum absolute atomic E-state index is 12.0. The highest BCUT2D eigenvalue weighted by Gasteiger charge is 2.28. The molecule has 1 aromatic rings. The molecule has 0 radical (unpaired) electrons. The lowest BCUT2D eigenvalue weighted by atomic mass is 10.3. The number of benzene rings is 1. The fourth-order valence-corrected chi connectivity index (χ4v) is 3.20. The predicted octanol–water partition coefficient (Wildman–Crippen LogP) is 4.36. The summed E-state index contributed by atoms with van der Waals surface area (Å²) in [7, 11) is 0.974. The number of hydrogen-bond donors (Lipinski definition) is 0. The SMILES string of the molecule is O=S(=O)(Cl)c1cc(Br)cc(Cl)c1OCCC(F)(F)F. The zero-order valence-corrected chi connectivity index (χ0v) is 12.9. The Morgan fingerprint density at radius 2 is 1.89 bits per heavy atom. The summed E-state index contributed by atoms with van der Waals surface area (Å²) >= 11 is 8.73. The second-order valence-corrected chi connectivity index (χ2v) is 7.22. The molecule has 0 heterocycles. The molecule has 3 nitrogen and oxygen atoms in total. The van der Waals surface area contributed by atoms with E-state index >= 15 is 0 Å². The standard InChI is InChI=1S/C9H6BrCl2F3O3S/c10-5-3-6(11)8(7(4-5)19(12,16)17)18-2-1-9(13,14)15/h3-4H,1-2H2. The normalized spacial score (nSPS) is 12.5. The Kier molecular flexibility index (Phi) is 5.39. The van der Waals surface area contributed by atoms with Crippen molar-refractivity contribution in [1.82, 2.24) is 0 Å². The lowest BCUT2D eigenvalue weighted by molar-refractivity contribution is -0.139. The van der Waals surface area contributed by atoms with Gasteiger partial charge in [-0.1, -0.05) is 27.5 Å². The molecule has 10 heteroatoms. The highest BCUT2D eigenvalue weighted by molar-refractivity contribution is 9.10. The van der Waals surface area contributed by atoms with Crippen molar-refractivity contribution in [2.45, 2.75) is 17.5 Å². The summed E-state index contributed by atoms with van der Waals surface area (Å²) in [4.78, 5) is -0.490. The minimum atomic E-state index is -4.41. The molecule has 0 saturated carbocycles. The van der Waals surface area contributed by atoms with Crippen LogP contribution in [0.25, 0.3) is 0 Å². The third-order valence-corrected chi connectivity index (χ3v) is 3.93. The molecule has 0 unspecified atom stereocenters. The molecule has 0 fully saturated rings. The largest absolute Gasteiger partial charge is 0.490 e. The van der Waals surface area contributed by atoms with Gasteiger partial charge in [-0.05, 0) is 12.1 Å². The van der Waals surface area contributed by atoms with Crippen LogP contribution in [0.4, 0.5) is 13.2 Å². The number of alkyl halides is 3. The van der Waals surface area contributed by atoms with E-state index in [-0.39, 0.29) is 5.02 Å². The van der Waals surface area contributed by atoms with Gasteiger partial charge in [0.2, 0.25) is 0 Å². The summed E-state index contributed by atoms with van der Waals surface area (Å²) in [5.41, 5.74) is 0. The third-order valence-electron chi connectivity index (χ3n) is 1.87. The lowest BCUT2D eigenvalue weighted by Crippen LogP contribution is -2.14. The van der Waals surface area contributed by atoms with E-state index in [0.717, 1.165) is 6.07 Å². The van der Waals surface area contributed by atoms with Crippen LogP contribution in [0.15, 0.2) is 21.5 Å². The van der Waals surface area contributed by atoms with Gasteiger partial charge in [-0.15, -0.1) is 0 Å². The van der Waals surface area contributed by atoms with Crippen molar-refractivity contribution in [2.24, 2.45) is 0 Å². The predicted molar refractivity (Wildman–Crippen MR) is 68.4 cm³/mol. The number of hydrogen-bond acceptors (Lipinski definition) is 3. The molecule has 0 aromatic heterocycles. The van der Waals surface area contributed by atoms with Gasteiger partial charge in [0, 0.05) is 15.2 Å². The highest BCUT2D eigenvalue weighted by atomic mass is 79.9. The van der Waals surface area contributed by atoms with Crippen molar-refractivity contribution >= 4 is 47.3 Å². The molecule has 0 saturated heterocycles. The van der Waals surface area contributed by atoms with Gasteiger partial charge >= 0.3 is 6.18 Å². The first kappa shape index (κ1) is 16.9. The van der Waals surface area contributed by atoms with Crippen molar-refractivity contribution in [3.05, 3.63) is 21.6 Å². The lowest BCUT2D eigenvalue weighted by Gasteiger charge is -2.13. The van der Waals surface area contributed by atoms with Gasteiger partial charge in [-0.3, -0.25) is 0 Å². The first-order valence-corrected chi connectivity index (χ1v) is 8.12. The van der Waals surface area contributed by atoms with Crippen LogP contribution >= 0.6 is 38.2 Å². The molecule has 0 aliphatic heterocycles. The Labute approximate surface area is 125 Å². The zero-order valence-electron chi connectivity index (χ0n) is 8.97. The molecule has 0 amide bonds. The maximum atomic E-state index is 12.0. The Morgan fingerprint density at radius 3 is 2.37 bits per heavy atom. The molecule has 0 bridgehead atoms. The van der Waals surface area contributed by atoms with Gasteiger partial charge in [0.1, 0.15) is 4.90 Å². The van der Waals surface area contributed by atoms with Crippen LogP contribution in [-0.2, 0) is 9.05 Å². The minimum Gasteiger partial charge on any atom is -0.490 e. The molecule has 1 rings (SSSR count). The van der Waals surface area contributed by atoms with Crippen LogP contribution < -0.4 is 4.74 Å². The molecule has 108 valence electrons. The monoisotopic (exact) mass is 400 g/mol. The van der Waals surface area contributed by atoms with Crippen LogP contribution in [0, 0.1) is 0 Å². The maximum Gasteiger partial charge on any atom is 0.392 e. The molecule has 1 aromatic carbocycles. The van der Waals surface area contributed by atoms with E-state index in [1.807, 2.05) is 0 Å². The summed E-state index contributed by atoms with van der Waals surface area (Å²) < 4.78 is 63.7. The fourth-order valence-electron chi connectivity index (χ4n) is 1.13. The Bertz CT molecular complexity index is 575. The average molecular weight is 402 g/mol. The second-order valence-electron chi connectivity index (χ2n) is 3.37. The topological polar surface area (TPSA) is 43.4 Å². The van der Waals surface area contributed by atoms with E-state index in [1.165, 1.54) is 6.07 Å². The number of halogens is 6. The number of rotatable bonds is 4. The molecule has 0 spiro atoms. The Morgan fingerprint density at radius 1 is 1.32 bits per heavy atom. The van der Waals surface area contributed by atoms with Gasteiger partial charge in [0.05, 0.1) is 18.1 Å². The third kappa shape index (κ3) is 5.37. The Balaban J connectivity index is 3.06. The van der Waals surface area contributed by atoms with Crippen molar-refractivity contribution < 1.29 is 26.3 Å². The smallest absolute Gasteiger partial charge is 0.392 e. The second kappa shape index (κ2) is 6.07. The molecule has 0 atom stereocenters. The quantitative estimate of drug-likeness (QED) is 0.704. The molecule has 0 N–H and O–H groups in total. The molecular weight excluding hydrogens is 396 g/mol. The van der Waals surface area contributed by atoms with Gasteiger partial charge in [0.15, 0.2) is 5.75 Å². The van der Waals surface area contributed by atoms with Crippen LogP contribution in [-0.4, -0.2) is 21.2 Å². The van der Waals surface area contributed by atoms with Crippen LogP contribution in [0.2, 0.25) is 5.02 Å². The first-order chi connectivity index (χ1) is 8.50. The molecule has 0 aliphatic rings. The Hall–Kier alpha value is -0.180. The summed E-state index contributed by atoms with van der Waals surface area (Å²) in [5, 5.41) is -0.157. The van der Waals surface area contributed by atoms with E-state index < -0.39 is 38.9 Å². The van der Waals surface area contributed by atoms with Crippen molar-refractivity contribution in [1.29, 1.82) is 0 Å². The van der Waals surface area contributed by atoms with Crippen LogP contribution in [0.5, 0.6) is 5.75 Å². The van der Waals surface area contributed by atoms with Gasteiger partial charge in [-0.2, -0.15) is 13.2 Å². The fraction of sp³-hybridized carbons (Fsp3) is 0.333. The van der Waals surface area contributed by atoms with Crippen LogP contribution in [0.1, 0.15) is 6.42 Å². The van der Waals surface area contributed by atoms with Crippen molar-refractivity contribution in [2.75, 3.05) is 6.61 Å². The van der Waals surface area contributed by atoms with E-state index in [1.54, 1.807) is 0 Å². The summed E-state index contributed by atoms with van der Waals surface area (Å²) in [6, 6.07) is 2.38. The van der Waals surface area contributed by atoms with Crippen LogP contribution in [0.3, 0.4) is 0 Å². The first-order valence-electron chi connectivity index (χ1n) is 4.64. The number of ether oxygens (including phenoxy) is 1. The van der Waals surface area contributed by atoms with E-state index in [4.69, 9.17) is 27.0 Å². The summed E-state index contributed by atoms with van der Waals surface area (Å²) in [5.74, 6) is -0.399.